The van der Waals surface area contributed by atoms with Gasteiger partial charge in [-0.25, -0.2) is 0 Å². The van der Waals surface area contributed by atoms with Gasteiger partial charge in [-0.05, 0) is 0 Å². The molecule has 0 radical (unpaired) electrons. The fourth-order valence-electron chi connectivity index (χ4n) is 0. The molecule has 0 amide bonds. The van der Waals surface area contributed by atoms with Gasteiger partial charge in [-0.15, -0.1) is 0 Å². The zero-order valence-electron chi connectivity index (χ0n) is 2.14. The molecule has 0 heterocycles. The molecule has 0 unspecified atom stereocenters. The fourth-order valence-corrected chi connectivity index (χ4v) is 0. The van der Waals surface area contributed by atoms with Gasteiger partial charge in [0.2, 0.25) is 0 Å². The fraction of sp³-hybridized carbons (Fsp3) is 0. The molecule has 4 heteroatoms. The van der Waals surface area contributed by atoms with E-state index in [1.807, 2.05) is 0 Å². The number of hydrogen-bond acceptors (Lipinski definition) is 2. The molecule has 0 atom stereocenters. The zero-order valence-corrected chi connectivity index (χ0v) is 2.14. The van der Waals surface area contributed by atoms with E-state index < -0.39 is 0 Å². The summed E-state index contributed by atoms with van der Waals surface area (Å²) in [6.07, 6.45) is 0. The van der Waals surface area contributed by atoms with Crippen LogP contribution in [0.3, 0.4) is 0 Å². The summed E-state index contributed by atoms with van der Waals surface area (Å²) in [5.74, 6) is 0. The Morgan fingerprint density at radius 1 is 1.60 bits per heavy atom. The van der Waals surface area contributed by atoms with Crippen LogP contribution in [-0.4, -0.2) is 63.0 Å². The van der Waals surface area contributed by atoms with Crippen molar-refractivity contribution in [3.8, 4) is 0 Å². The number of carboxylic acid groups (broad SMARTS) is 1. The molecule has 0 bridgehead atoms. The average Bonchev–Trinajstić information content (AvgIpc) is 0.918. The van der Waals surface area contributed by atoms with Gasteiger partial charge in [0, 0.05) is 0 Å². The van der Waals surface area contributed by atoms with Gasteiger partial charge in [0.05, 0.1) is 0 Å². The van der Waals surface area contributed by atoms with Crippen LogP contribution in [0.25, 0.3) is 0 Å². The molecule has 28 valence electrons. The molecular weight excluding hydrogens is 97.1 g/mol. The molecule has 0 fully saturated rings. The summed E-state index contributed by atoms with van der Waals surface area (Å²) in [6, 6.07) is 0. The Morgan fingerprint density at radius 3 is 1.60 bits per heavy atom. The molecule has 0 aromatic heterocycles. The first kappa shape index (κ1) is 16.6. The predicted molar refractivity (Wildman–Crippen MR) is 20.9 cm³/mol. The van der Waals surface area contributed by atoms with Crippen molar-refractivity contribution in [2.24, 2.45) is 0 Å². The SMILES string of the molecule is N.O=CO.[KH]. The van der Waals surface area contributed by atoms with Crippen molar-refractivity contribution < 1.29 is 9.90 Å². The average molecular weight is 103 g/mol. The van der Waals surface area contributed by atoms with Gasteiger partial charge in [0.1, 0.15) is 0 Å². The molecule has 0 rings (SSSR count). The van der Waals surface area contributed by atoms with Crippen molar-refractivity contribution in [3.05, 3.63) is 0 Å². The van der Waals surface area contributed by atoms with E-state index in [4.69, 9.17) is 9.90 Å². The second-order valence-electron chi connectivity index (χ2n) is 0.105. The van der Waals surface area contributed by atoms with E-state index in [-0.39, 0.29) is 64.0 Å². The van der Waals surface area contributed by atoms with Crippen molar-refractivity contribution in [2.75, 3.05) is 0 Å². The van der Waals surface area contributed by atoms with Crippen LogP contribution in [0, 0.1) is 0 Å². The van der Waals surface area contributed by atoms with Crippen LogP contribution in [-0.2, 0) is 4.79 Å². The monoisotopic (exact) mass is 103 g/mol. The minimum absolute atomic E-state index is 0. The normalized spacial score (nSPS) is 2.40. The van der Waals surface area contributed by atoms with Crippen LogP contribution >= 0.6 is 0 Å². The van der Waals surface area contributed by atoms with E-state index in [9.17, 15) is 0 Å². The first-order valence-electron chi connectivity index (χ1n) is 0.494. The first-order chi connectivity index (χ1) is 1.41. The van der Waals surface area contributed by atoms with Gasteiger partial charge >= 0.3 is 51.4 Å². The van der Waals surface area contributed by atoms with Crippen molar-refractivity contribution in [1.82, 2.24) is 6.15 Å². The van der Waals surface area contributed by atoms with E-state index in [1.165, 1.54) is 0 Å². The van der Waals surface area contributed by atoms with E-state index >= 15 is 0 Å². The molecule has 5 heavy (non-hydrogen) atoms. The molecule has 0 aromatic carbocycles. The number of rotatable bonds is 0. The Morgan fingerprint density at radius 2 is 1.60 bits per heavy atom. The van der Waals surface area contributed by atoms with Gasteiger partial charge in [0.15, 0.2) is 0 Å². The Balaban J connectivity index is -0.0000000200. The number of hydrogen-bond donors (Lipinski definition) is 2. The topological polar surface area (TPSA) is 72.3 Å². The van der Waals surface area contributed by atoms with Crippen molar-refractivity contribution in [2.45, 2.75) is 0 Å². The van der Waals surface area contributed by atoms with Crippen molar-refractivity contribution in [1.29, 1.82) is 0 Å². The van der Waals surface area contributed by atoms with Gasteiger partial charge in [-0.1, -0.05) is 0 Å². The first-order valence-corrected chi connectivity index (χ1v) is 0.494. The van der Waals surface area contributed by atoms with Gasteiger partial charge in [0.25, 0.3) is 6.47 Å². The molecule has 0 aromatic rings. The van der Waals surface area contributed by atoms with Crippen LogP contribution in [0.2, 0.25) is 0 Å². The molecule has 4 N–H and O–H groups in total. The quantitative estimate of drug-likeness (QED) is 0.312. The van der Waals surface area contributed by atoms with E-state index in [1.54, 1.807) is 0 Å². The molecule has 0 saturated heterocycles. The number of carbonyl (C=O) groups is 1. The van der Waals surface area contributed by atoms with Crippen molar-refractivity contribution in [3.63, 3.8) is 0 Å². The van der Waals surface area contributed by atoms with Crippen LogP contribution in [0.1, 0.15) is 0 Å². The second-order valence-corrected chi connectivity index (χ2v) is 0.105. The van der Waals surface area contributed by atoms with E-state index in [0.717, 1.165) is 0 Å². The molecule has 0 aliphatic heterocycles. The molecule has 0 aliphatic carbocycles. The molecule has 0 aliphatic rings. The van der Waals surface area contributed by atoms with Crippen LogP contribution in [0.15, 0.2) is 0 Å². The van der Waals surface area contributed by atoms with Gasteiger partial charge in [-0.3, -0.25) is 4.79 Å². The second kappa shape index (κ2) is 19.6. The maximum atomic E-state index is 8.36. The Labute approximate surface area is 72.8 Å². The summed E-state index contributed by atoms with van der Waals surface area (Å²) in [5, 5.41) is 6.89. The van der Waals surface area contributed by atoms with Crippen LogP contribution in [0.4, 0.5) is 0 Å². The molecule has 0 spiro atoms. The predicted octanol–water partition coefficient (Wildman–Crippen LogP) is -0.786. The van der Waals surface area contributed by atoms with Crippen molar-refractivity contribution >= 4 is 57.9 Å². The van der Waals surface area contributed by atoms with Crippen LogP contribution in [0.5, 0.6) is 0 Å². The molecular formula is CH6KNO2. The standard InChI is InChI=1S/CH2O2.K.H3N.H/c2-1-3;;;/h1H,(H,2,3);;1H3;. The minimum atomic E-state index is -0.250. The summed E-state index contributed by atoms with van der Waals surface area (Å²) in [4.78, 5) is 8.36. The third kappa shape index (κ3) is 41.9. The van der Waals surface area contributed by atoms with E-state index in [2.05, 4.69) is 0 Å². The summed E-state index contributed by atoms with van der Waals surface area (Å²) in [5.41, 5.74) is 0. The Kier molecular flexibility index (Phi) is 65.0. The summed E-state index contributed by atoms with van der Waals surface area (Å²) < 4.78 is 0. The van der Waals surface area contributed by atoms with Gasteiger partial charge < -0.3 is 11.3 Å². The summed E-state index contributed by atoms with van der Waals surface area (Å²) in [6.45, 7) is -0.250. The molecule has 3 nitrogen and oxygen atoms in total. The zero-order chi connectivity index (χ0) is 2.71. The maximum absolute atomic E-state index is 8.36. The van der Waals surface area contributed by atoms with E-state index in [0.29, 0.717) is 0 Å². The van der Waals surface area contributed by atoms with Gasteiger partial charge in [-0.2, -0.15) is 0 Å². The third-order valence-electron chi connectivity index (χ3n) is 0. The third-order valence-corrected chi connectivity index (χ3v) is 0. The van der Waals surface area contributed by atoms with Crippen LogP contribution < -0.4 is 6.15 Å². The Bertz CT molecular complexity index is 17.1. The Hall–Kier alpha value is 1.07. The molecule has 0 saturated carbocycles. The summed E-state index contributed by atoms with van der Waals surface area (Å²) in [7, 11) is 0. The summed E-state index contributed by atoms with van der Waals surface area (Å²) >= 11 is 0.